The molecule has 1 aliphatic rings. The van der Waals surface area contributed by atoms with Crippen LogP contribution < -0.4 is 5.32 Å². The lowest BCUT2D eigenvalue weighted by Gasteiger charge is -2.09. The number of rotatable bonds is 3. The smallest absolute Gasteiger partial charge is 0.381 e. The molecule has 2 aromatic rings. The van der Waals surface area contributed by atoms with E-state index in [1.165, 1.54) is 24.5 Å². The number of anilines is 1. The Hall–Kier alpha value is -2.48. The number of nitrogens with zero attached hydrogens (tertiary/aromatic N) is 2. The van der Waals surface area contributed by atoms with Gasteiger partial charge in [0.1, 0.15) is 0 Å². The van der Waals surface area contributed by atoms with E-state index in [1.54, 1.807) is 0 Å². The van der Waals surface area contributed by atoms with Crippen LogP contribution in [0.1, 0.15) is 12.0 Å². The highest BCUT2D eigenvalue weighted by Crippen LogP contribution is 2.30. The predicted octanol–water partition coefficient (Wildman–Crippen LogP) is 3.14. The molecule has 1 aromatic heterocycles. The Morgan fingerprint density at radius 3 is 2.38 bits per heavy atom. The van der Waals surface area contributed by atoms with Crippen molar-refractivity contribution in [3.8, 4) is 11.4 Å². The van der Waals surface area contributed by atoms with Crippen LogP contribution in [0.3, 0.4) is 0 Å². The van der Waals surface area contributed by atoms with Gasteiger partial charge in [0.2, 0.25) is 5.91 Å². The van der Waals surface area contributed by atoms with E-state index >= 15 is 0 Å². The summed E-state index contributed by atoms with van der Waals surface area (Å²) in [6.07, 6.45) is -0.852. The lowest BCUT2D eigenvalue weighted by Crippen LogP contribution is -2.22. The zero-order valence-electron chi connectivity index (χ0n) is 12.5. The molecular weight excluding hydrogens is 323 g/mol. The fraction of sp³-hybridized carbons (Fsp3) is 0.312. The van der Waals surface area contributed by atoms with E-state index in [0.717, 1.165) is 12.1 Å². The minimum Gasteiger partial charge on any atom is -0.381 e. The van der Waals surface area contributed by atoms with Crippen molar-refractivity contribution in [3.63, 3.8) is 0 Å². The summed E-state index contributed by atoms with van der Waals surface area (Å²) in [4.78, 5) is 20.1. The Morgan fingerprint density at radius 2 is 1.83 bits per heavy atom. The van der Waals surface area contributed by atoms with E-state index in [2.05, 4.69) is 15.3 Å². The van der Waals surface area contributed by atoms with Gasteiger partial charge in [-0.05, 0) is 18.6 Å². The summed E-state index contributed by atoms with van der Waals surface area (Å²) in [6, 6.07) is 4.58. The van der Waals surface area contributed by atoms with Crippen molar-refractivity contribution >= 4 is 11.6 Å². The first-order valence-corrected chi connectivity index (χ1v) is 7.32. The highest BCUT2D eigenvalue weighted by atomic mass is 19.4. The number of aromatic nitrogens is 2. The molecule has 1 aliphatic heterocycles. The van der Waals surface area contributed by atoms with Gasteiger partial charge in [-0.1, -0.05) is 12.1 Å². The molecular formula is C16H14F3N3O2. The average Bonchev–Trinajstić information content (AvgIpc) is 3.09. The summed E-state index contributed by atoms with van der Waals surface area (Å²) in [5, 5.41) is 2.70. The van der Waals surface area contributed by atoms with Gasteiger partial charge in [-0.25, -0.2) is 9.97 Å². The summed E-state index contributed by atoms with van der Waals surface area (Å²) in [7, 11) is 0. The van der Waals surface area contributed by atoms with Gasteiger partial charge in [0, 0.05) is 12.2 Å². The van der Waals surface area contributed by atoms with E-state index in [4.69, 9.17) is 4.74 Å². The number of benzene rings is 1. The molecule has 1 fully saturated rings. The van der Waals surface area contributed by atoms with Crippen LogP contribution in [-0.4, -0.2) is 29.1 Å². The predicted molar refractivity (Wildman–Crippen MR) is 80.0 cm³/mol. The maximum atomic E-state index is 12.5. The molecule has 0 bridgehead atoms. The molecule has 0 aliphatic carbocycles. The quantitative estimate of drug-likeness (QED) is 0.935. The monoisotopic (exact) mass is 337 g/mol. The lowest BCUT2D eigenvalue weighted by atomic mass is 10.1. The van der Waals surface area contributed by atoms with Crippen molar-refractivity contribution in [2.24, 2.45) is 5.92 Å². The van der Waals surface area contributed by atoms with Crippen molar-refractivity contribution in [1.29, 1.82) is 0 Å². The number of hydrogen-bond donors (Lipinski definition) is 1. The second-order valence-electron chi connectivity index (χ2n) is 5.42. The maximum absolute atomic E-state index is 12.5. The van der Waals surface area contributed by atoms with Gasteiger partial charge in [0.25, 0.3) is 0 Å². The standard InChI is InChI=1S/C16H14F3N3O2/c17-16(18,19)12-3-1-10(2-4-12)14-20-7-13(8-21-14)22-15(23)11-5-6-24-9-11/h1-4,7-8,11H,5-6,9H2,(H,22,23)/t11-/m0/s1. The van der Waals surface area contributed by atoms with Crippen molar-refractivity contribution in [3.05, 3.63) is 42.2 Å². The highest BCUT2D eigenvalue weighted by Gasteiger charge is 2.30. The molecule has 2 heterocycles. The SMILES string of the molecule is O=C(Nc1cnc(-c2ccc(C(F)(F)F)cc2)nc1)[C@H]1CCOC1. The number of halogens is 3. The van der Waals surface area contributed by atoms with E-state index in [0.29, 0.717) is 30.9 Å². The van der Waals surface area contributed by atoms with Crippen LogP contribution in [0.4, 0.5) is 18.9 Å². The lowest BCUT2D eigenvalue weighted by molar-refractivity contribution is -0.137. The zero-order valence-corrected chi connectivity index (χ0v) is 12.5. The minimum absolute atomic E-state index is 0.154. The fourth-order valence-corrected chi connectivity index (χ4v) is 2.34. The summed E-state index contributed by atoms with van der Waals surface area (Å²) in [5.41, 5.74) is 0.168. The first kappa shape index (κ1) is 16.4. The molecule has 24 heavy (non-hydrogen) atoms. The van der Waals surface area contributed by atoms with Gasteiger partial charge < -0.3 is 10.1 Å². The molecule has 1 amide bonds. The van der Waals surface area contributed by atoms with Crippen LogP contribution in [0.5, 0.6) is 0 Å². The number of hydrogen-bond acceptors (Lipinski definition) is 4. The van der Waals surface area contributed by atoms with Gasteiger partial charge in [0.05, 0.1) is 36.2 Å². The molecule has 3 rings (SSSR count). The molecule has 5 nitrogen and oxygen atoms in total. The van der Waals surface area contributed by atoms with Crippen LogP contribution in [0, 0.1) is 5.92 Å². The number of ether oxygens (including phenoxy) is 1. The van der Waals surface area contributed by atoms with Crippen molar-refractivity contribution in [2.75, 3.05) is 18.5 Å². The normalized spacial score (nSPS) is 17.7. The van der Waals surface area contributed by atoms with Crippen LogP contribution >= 0.6 is 0 Å². The van der Waals surface area contributed by atoms with E-state index < -0.39 is 11.7 Å². The maximum Gasteiger partial charge on any atom is 0.416 e. The Labute approximate surface area is 135 Å². The number of nitrogens with one attached hydrogen (secondary N) is 1. The third-order valence-corrected chi connectivity index (χ3v) is 3.69. The van der Waals surface area contributed by atoms with Gasteiger partial charge in [-0.3, -0.25) is 4.79 Å². The Morgan fingerprint density at radius 1 is 1.17 bits per heavy atom. The zero-order chi connectivity index (χ0) is 17.2. The number of alkyl halides is 3. The number of carbonyl (C=O) groups is 1. The minimum atomic E-state index is -4.38. The summed E-state index contributed by atoms with van der Waals surface area (Å²) in [6.45, 7) is 0.970. The molecule has 1 atom stereocenters. The summed E-state index contributed by atoms with van der Waals surface area (Å²) in [5.74, 6) is -0.0520. The molecule has 8 heteroatoms. The third kappa shape index (κ3) is 3.70. The Kier molecular flexibility index (Phi) is 4.48. The van der Waals surface area contributed by atoms with Crippen LogP contribution in [0.15, 0.2) is 36.7 Å². The van der Waals surface area contributed by atoms with Gasteiger partial charge in [-0.15, -0.1) is 0 Å². The topological polar surface area (TPSA) is 64.1 Å². The number of carbonyl (C=O) groups excluding carboxylic acids is 1. The van der Waals surface area contributed by atoms with E-state index in [1.807, 2.05) is 0 Å². The molecule has 0 radical (unpaired) electrons. The average molecular weight is 337 g/mol. The first-order chi connectivity index (χ1) is 11.4. The molecule has 126 valence electrons. The third-order valence-electron chi connectivity index (χ3n) is 3.69. The fourth-order valence-electron chi connectivity index (χ4n) is 2.34. The van der Waals surface area contributed by atoms with Crippen molar-refractivity contribution in [1.82, 2.24) is 9.97 Å². The molecule has 0 saturated carbocycles. The molecule has 0 spiro atoms. The van der Waals surface area contributed by atoms with Crippen molar-refractivity contribution < 1.29 is 22.7 Å². The second kappa shape index (κ2) is 6.56. The molecule has 0 unspecified atom stereocenters. The number of amides is 1. The molecule has 1 aromatic carbocycles. The van der Waals surface area contributed by atoms with Crippen LogP contribution in [0.2, 0.25) is 0 Å². The van der Waals surface area contributed by atoms with Crippen LogP contribution in [-0.2, 0) is 15.7 Å². The van der Waals surface area contributed by atoms with Crippen LogP contribution in [0.25, 0.3) is 11.4 Å². The van der Waals surface area contributed by atoms with Crippen molar-refractivity contribution in [2.45, 2.75) is 12.6 Å². The summed E-state index contributed by atoms with van der Waals surface area (Å²) < 4.78 is 42.8. The Bertz CT molecular complexity index is 709. The first-order valence-electron chi connectivity index (χ1n) is 7.32. The van der Waals surface area contributed by atoms with Gasteiger partial charge in [0.15, 0.2) is 5.82 Å². The Balaban J connectivity index is 1.69. The van der Waals surface area contributed by atoms with Gasteiger partial charge >= 0.3 is 6.18 Å². The van der Waals surface area contributed by atoms with E-state index in [-0.39, 0.29) is 17.6 Å². The largest absolute Gasteiger partial charge is 0.416 e. The summed E-state index contributed by atoms with van der Waals surface area (Å²) >= 11 is 0. The molecule has 1 N–H and O–H groups in total. The second-order valence-corrected chi connectivity index (χ2v) is 5.42. The van der Waals surface area contributed by atoms with E-state index in [9.17, 15) is 18.0 Å². The van der Waals surface area contributed by atoms with Gasteiger partial charge in [-0.2, -0.15) is 13.2 Å². The highest BCUT2D eigenvalue weighted by molar-refractivity contribution is 5.92. The molecule has 1 saturated heterocycles.